The Hall–Kier alpha value is -1.06. The summed E-state index contributed by atoms with van der Waals surface area (Å²) in [6.45, 7) is 16.5. The maximum absolute atomic E-state index is 4.38. The molecule has 68 heavy (non-hydrogen) atoms. The Bertz CT molecular complexity index is 1530. The van der Waals surface area contributed by atoms with Gasteiger partial charge in [-0.05, 0) is 126 Å². The molecule has 0 spiro atoms. The first kappa shape index (κ1) is 66.9. The molecule has 0 aliphatic heterocycles. The van der Waals surface area contributed by atoms with Crippen molar-refractivity contribution < 1.29 is 58.9 Å². The number of aryl methyl sites for hydroxylation is 6. The zero-order chi connectivity index (χ0) is 45.7. The first-order chi connectivity index (χ1) is 31.4. The molecule has 0 saturated carbocycles. The molecule has 0 nitrogen and oxygen atoms in total. The molecule has 3 aromatic carbocycles. The van der Waals surface area contributed by atoms with Crippen LogP contribution in [0.5, 0.6) is 0 Å². The Morgan fingerprint density at radius 3 is 0.809 bits per heavy atom. The maximum atomic E-state index is 4.38. The van der Waals surface area contributed by atoms with E-state index in [1.807, 2.05) is 0 Å². The molecular weight excluding hydrogens is 939 g/mol. The van der Waals surface area contributed by atoms with Crippen LogP contribution in [-0.4, -0.2) is 8.07 Å². The van der Waals surface area contributed by atoms with Crippen molar-refractivity contribution >= 4 is 23.6 Å². The summed E-state index contributed by atoms with van der Waals surface area (Å²) in [6.07, 6.45) is 50.5. The van der Waals surface area contributed by atoms with E-state index >= 15 is 0 Å². The van der Waals surface area contributed by atoms with Gasteiger partial charge in [0.25, 0.3) is 0 Å². The van der Waals surface area contributed by atoms with Gasteiger partial charge in [0.2, 0.25) is 0 Å². The Morgan fingerprint density at radius 1 is 0.324 bits per heavy atom. The third-order valence-corrected chi connectivity index (χ3v) is 19.2. The molecule has 0 heterocycles. The van der Waals surface area contributed by atoms with Crippen LogP contribution in [0.2, 0.25) is 0 Å². The van der Waals surface area contributed by atoms with Crippen LogP contribution in [0.25, 0.3) is 0 Å². The van der Waals surface area contributed by atoms with E-state index in [1.54, 1.807) is 54.1 Å². The van der Waals surface area contributed by atoms with E-state index in [2.05, 4.69) is 115 Å². The van der Waals surface area contributed by atoms with Gasteiger partial charge in [-0.1, -0.05) is 244 Å². The predicted molar refractivity (Wildman–Crippen MR) is 290 cm³/mol. The molecule has 5 heteroatoms. The number of unbranched alkanes of at least 4 members (excludes halogenated alkanes) is 19. The minimum atomic E-state index is -2.83. The molecule has 0 aromatic heterocycles. The van der Waals surface area contributed by atoms with E-state index in [-0.39, 0.29) is 58.9 Å². The van der Waals surface area contributed by atoms with Gasteiger partial charge in [-0.2, -0.15) is 5.20 Å². The van der Waals surface area contributed by atoms with E-state index in [0.717, 1.165) is 12.8 Å². The van der Waals surface area contributed by atoms with Gasteiger partial charge < -0.3 is 37.2 Å². The summed E-state index contributed by atoms with van der Waals surface area (Å²) in [5, 5.41) is 6.63. The molecule has 0 unspecified atom stereocenters. The summed E-state index contributed by atoms with van der Waals surface area (Å²) < 4.78 is 0. The smallest absolute Gasteiger partial charge is 1.00 e. The van der Waals surface area contributed by atoms with Gasteiger partial charge in [0.1, 0.15) is 0 Å². The van der Waals surface area contributed by atoms with Crippen molar-refractivity contribution in [2.45, 2.75) is 267 Å². The number of benzene rings is 3. The summed E-state index contributed by atoms with van der Waals surface area (Å²) in [4.78, 5) is 0. The molecule has 0 amide bonds. The van der Waals surface area contributed by atoms with Crippen LogP contribution < -0.4 is 52.8 Å². The van der Waals surface area contributed by atoms with Gasteiger partial charge in [-0.15, -0.1) is 0 Å². The molecule has 0 atom stereocenters. The number of halogens is 3. The van der Waals surface area contributed by atoms with Gasteiger partial charge in [-0.3, -0.25) is 6.08 Å². The Morgan fingerprint density at radius 2 is 0.574 bits per heavy atom. The summed E-state index contributed by atoms with van der Waals surface area (Å²) in [5.74, 6) is 0. The van der Waals surface area contributed by atoms with Crippen LogP contribution in [0.4, 0.5) is 0 Å². The van der Waals surface area contributed by atoms with Crippen LogP contribution in [0, 0.1) is 6.08 Å². The monoisotopic (exact) mass is 1040 g/mol. The van der Waals surface area contributed by atoms with Crippen LogP contribution in [0.1, 0.15) is 262 Å². The Balaban J connectivity index is 0.0000112. The average Bonchev–Trinajstić information content (AvgIpc) is 3.78. The molecule has 1 aliphatic rings. The largest absolute Gasteiger partial charge is 4.00 e. The molecule has 0 N–H and O–H groups in total. The first-order valence-electron chi connectivity index (χ1n) is 28.2. The van der Waals surface area contributed by atoms with Gasteiger partial charge >= 0.3 is 21.7 Å². The topological polar surface area (TPSA) is 0 Å². The maximum Gasteiger partial charge on any atom is 4.00 e. The molecule has 4 rings (SSSR count). The molecular formula is C63H99Cl3SiTi. The van der Waals surface area contributed by atoms with E-state index < -0.39 is 8.07 Å². The normalized spacial score (nSPS) is 12.2. The fourth-order valence-electron chi connectivity index (χ4n) is 10.7. The first-order valence-corrected chi connectivity index (χ1v) is 30.2. The SMILES string of the molecule is CCCCCCc1cc(CCCCCC)cc([Si](C2=[C-]C(CCCC)=CC2)(c2cc(CCCCCC)cc(CCCCCC)c2)c2cc(CCCCCC)cc(CCCCCC)c2)c1.[Cl-].[Cl-].[Cl-].[Ti+4]. The summed E-state index contributed by atoms with van der Waals surface area (Å²) >= 11 is 0. The van der Waals surface area contributed by atoms with Crippen molar-refractivity contribution in [1.29, 1.82) is 0 Å². The number of allylic oxidation sites excluding steroid dienone is 4. The van der Waals surface area contributed by atoms with Gasteiger partial charge in [0.05, 0.1) is 0 Å². The summed E-state index contributed by atoms with van der Waals surface area (Å²) in [5.41, 5.74) is 11.1. The quantitative estimate of drug-likeness (QED) is 0.0235. The van der Waals surface area contributed by atoms with Crippen LogP contribution in [0.15, 0.2) is 71.4 Å². The van der Waals surface area contributed by atoms with Crippen molar-refractivity contribution in [3.63, 3.8) is 0 Å². The van der Waals surface area contributed by atoms with Crippen molar-refractivity contribution in [2.24, 2.45) is 0 Å². The van der Waals surface area contributed by atoms with Crippen LogP contribution in [-0.2, 0) is 60.2 Å². The van der Waals surface area contributed by atoms with E-state index in [4.69, 9.17) is 0 Å². The molecule has 3 aromatic rings. The minimum absolute atomic E-state index is 0. The predicted octanol–water partition coefficient (Wildman–Crippen LogP) is 8.69. The molecule has 0 bridgehead atoms. The van der Waals surface area contributed by atoms with Gasteiger partial charge in [-0.25, -0.2) is 11.6 Å². The summed E-state index contributed by atoms with van der Waals surface area (Å²) in [7, 11) is -2.83. The number of hydrogen-bond acceptors (Lipinski definition) is 0. The molecule has 0 fully saturated rings. The molecule has 1 aliphatic carbocycles. The Kier molecular flexibility index (Phi) is 39.8. The third kappa shape index (κ3) is 22.8. The van der Waals surface area contributed by atoms with Crippen molar-refractivity contribution in [3.05, 3.63) is 111 Å². The Labute approximate surface area is 456 Å². The van der Waals surface area contributed by atoms with E-state index in [9.17, 15) is 0 Å². The zero-order valence-electron chi connectivity index (χ0n) is 44.9. The van der Waals surface area contributed by atoms with Gasteiger partial charge in [0.15, 0.2) is 8.07 Å². The second kappa shape index (κ2) is 40.4. The van der Waals surface area contributed by atoms with E-state index in [1.165, 1.54) is 211 Å². The fourth-order valence-corrected chi connectivity index (χ4v) is 15.9. The number of hydrogen-bond donors (Lipinski definition) is 0. The van der Waals surface area contributed by atoms with Crippen molar-refractivity contribution in [2.75, 3.05) is 0 Å². The fraction of sp³-hybridized carbons (Fsp3) is 0.651. The standard InChI is InChI=1S/C63H99Si.3ClH.Ti/c1-8-15-22-28-35-54-43-55(36-29-23-16-9-2)48-61(47-54)64(60-42-41-53(46-60)34-21-14-7,62-49-56(37-30-24-17-10-3)44-57(50-62)38-31-25-18-11-4)63-51-58(39-32-26-19-12-5)45-59(52-63)40-33-27-20-13-6;;;;/h41,43-45,47-52H,8-40,42H2,1-7H3;3*1H;/q-1;;;;+4/p-3. The van der Waals surface area contributed by atoms with E-state index in [0.29, 0.717) is 0 Å². The van der Waals surface area contributed by atoms with Crippen LogP contribution in [0.3, 0.4) is 0 Å². The van der Waals surface area contributed by atoms with Crippen LogP contribution >= 0.6 is 0 Å². The summed E-state index contributed by atoms with van der Waals surface area (Å²) in [6, 6.07) is 24.7. The van der Waals surface area contributed by atoms with Gasteiger partial charge in [0, 0.05) is 0 Å². The van der Waals surface area contributed by atoms with Crippen molar-refractivity contribution in [1.82, 2.24) is 0 Å². The zero-order valence-corrected chi connectivity index (χ0v) is 49.8. The third-order valence-electron chi connectivity index (χ3n) is 14.5. The molecule has 0 radical (unpaired) electrons. The van der Waals surface area contributed by atoms with Crippen molar-refractivity contribution in [3.8, 4) is 0 Å². The minimum Gasteiger partial charge on any atom is -1.00 e. The average molecular weight is 1040 g/mol. The second-order valence-electron chi connectivity index (χ2n) is 20.4. The second-order valence-corrected chi connectivity index (χ2v) is 24.2. The number of rotatable bonds is 37. The molecule has 380 valence electrons. The molecule has 0 saturated heterocycles.